The Labute approximate surface area is 184 Å². The van der Waals surface area contributed by atoms with Crippen molar-refractivity contribution in [3.8, 4) is 11.5 Å². The Balaban J connectivity index is 1.47. The first kappa shape index (κ1) is 23.9. The second-order valence-corrected chi connectivity index (χ2v) is 8.83. The Morgan fingerprint density at radius 1 is 1.00 bits per heavy atom. The highest BCUT2D eigenvalue weighted by atomic mass is 32.2. The van der Waals surface area contributed by atoms with Crippen LogP contribution in [0, 0.1) is 0 Å². The number of ether oxygens (including phenoxy) is 2. The van der Waals surface area contributed by atoms with Crippen LogP contribution in [-0.4, -0.2) is 40.6 Å². The largest absolute Gasteiger partial charge is 0.490 e. The van der Waals surface area contributed by atoms with Gasteiger partial charge in [-0.15, -0.1) is 0 Å². The molecule has 0 saturated heterocycles. The number of sulfonamides is 1. The molecule has 0 radical (unpaired) electrons. The minimum Gasteiger partial charge on any atom is -0.490 e. The summed E-state index contributed by atoms with van der Waals surface area (Å²) < 4.78 is 77.2. The number of alkyl halides is 3. The van der Waals surface area contributed by atoms with Crippen LogP contribution in [-0.2, 0) is 27.4 Å². The highest BCUT2D eigenvalue weighted by molar-refractivity contribution is 7.89. The zero-order chi connectivity index (χ0) is 23.2. The van der Waals surface area contributed by atoms with Crippen molar-refractivity contribution in [3.63, 3.8) is 0 Å². The minimum absolute atomic E-state index is 0.000831. The molecule has 0 spiro atoms. The van der Waals surface area contributed by atoms with E-state index in [-0.39, 0.29) is 36.4 Å². The van der Waals surface area contributed by atoms with Gasteiger partial charge >= 0.3 is 6.18 Å². The average Bonchev–Trinajstić information content (AvgIpc) is 2.98. The molecule has 1 aliphatic heterocycles. The number of fused-ring (bicyclic) bond motifs is 1. The van der Waals surface area contributed by atoms with E-state index in [2.05, 4.69) is 10.0 Å². The number of halogens is 3. The standard InChI is InChI=1S/C21H23F3N2O5S/c22-21(23,24)17-5-2-1-4-15(17)8-10-25-20(27)9-11-26-32(28,29)16-6-7-18-19(14-16)31-13-3-12-30-18/h1-2,4-7,14,26H,3,8-13H2,(H,25,27). The van der Waals surface area contributed by atoms with Crippen molar-refractivity contribution in [2.45, 2.75) is 30.3 Å². The van der Waals surface area contributed by atoms with E-state index in [4.69, 9.17) is 9.47 Å². The van der Waals surface area contributed by atoms with Crippen molar-refractivity contribution in [1.82, 2.24) is 10.0 Å². The molecule has 32 heavy (non-hydrogen) atoms. The van der Waals surface area contributed by atoms with Gasteiger partial charge in [0.2, 0.25) is 15.9 Å². The van der Waals surface area contributed by atoms with Crippen molar-refractivity contribution in [3.05, 3.63) is 53.6 Å². The van der Waals surface area contributed by atoms with Gasteiger partial charge in [-0.05, 0) is 30.2 Å². The summed E-state index contributed by atoms with van der Waals surface area (Å²) in [5.41, 5.74) is -0.660. The fourth-order valence-corrected chi connectivity index (χ4v) is 4.18. The first-order chi connectivity index (χ1) is 15.2. The van der Waals surface area contributed by atoms with Crippen LogP contribution in [0.3, 0.4) is 0 Å². The van der Waals surface area contributed by atoms with Crippen LogP contribution in [0.4, 0.5) is 13.2 Å². The van der Waals surface area contributed by atoms with Gasteiger partial charge in [-0.1, -0.05) is 18.2 Å². The van der Waals surface area contributed by atoms with Gasteiger partial charge in [-0.3, -0.25) is 4.79 Å². The Morgan fingerprint density at radius 2 is 1.72 bits per heavy atom. The number of benzene rings is 2. The van der Waals surface area contributed by atoms with Gasteiger partial charge in [0.15, 0.2) is 11.5 Å². The molecule has 1 heterocycles. The first-order valence-electron chi connectivity index (χ1n) is 9.98. The maximum absolute atomic E-state index is 13.0. The van der Waals surface area contributed by atoms with Gasteiger partial charge in [0, 0.05) is 32.0 Å². The van der Waals surface area contributed by atoms with E-state index in [1.54, 1.807) is 0 Å². The van der Waals surface area contributed by atoms with Crippen LogP contribution in [0.5, 0.6) is 11.5 Å². The van der Waals surface area contributed by atoms with Crippen LogP contribution in [0.2, 0.25) is 0 Å². The minimum atomic E-state index is -4.47. The van der Waals surface area contributed by atoms with Crippen molar-refractivity contribution in [2.24, 2.45) is 0 Å². The van der Waals surface area contributed by atoms with Gasteiger partial charge < -0.3 is 14.8 Å². The molecule has 1 aliphatic rings. The molecule has 0 aromatic heterocycles. The smallest absolute Gasteiger partial charge is 0.416 e. The lowest BCUT2D eigenvalue weighted by atomic mass is 10.0. The fraction of sp³-hybridized carbons (Fsp3) is 0.381. The van der Waals surface area contributed by atoms with Crippen LogP contribution in [0.25, 0.3) is 0 Å². The van der Waals surface area contributed by atoms with Crippen LogP contribution in [0.1, 0.15) is 24.0 Å². The van der Waals surface area contributed by atoms with E-state index in [1.165, 1.54) is 36.4 Å². The zero-order valence-corrected chi connectivity index (χ0v) is 17.9. The third-order valence-electron chi connectivity index (χ3n) is 4.71. The average molecular weight is 472 g/mol. The first-order valence-corrected chi connectivity index (χ1v) is 11.5. The number of carbonyl (C=O) groups is 1. The van der Waals surface area contributed by atoms with E-state index < -0.39 is 27.7 Å². The van der Waals surface area contributed by atoms with E-state index in [1.807, 2.05) is 0 Å². The van der Waals surface area contributed by atoms with Crippen molar-refractivity contribution in [1.29, 1.82) is 0 Å². The summed E-state index contributed by atoms with van der Waals surface area (Å²) >= 11 is 0. The molecule has 0 bridgehead atoms. The number of nitrogens with one attached hydrogen (secondary N) is 2. The molecule has 0 unspecified atom stereocenters. The van der Waals surface area contributed by atoms with Gasteiger partial charge in [-0.25, -0.2) is 13.1 Å². The summed E-state index contributed by atoms with van der Waals surface area (Å²) in [7, 11) is -3.88. The predicted molar refractivity (Wildman–Crippen MR) is 110 cm³/mol. The molecule has 1 amide bonds. The third-order valence-corrected chi connectivity index (χ3v) is 6.17. The number of carbonyl (C=O) groups excluding carboxylic acids is 1. The van der Waals surface area contributed by atoms with Crippen LogP contribution >= 0.6 is 0 Å². The molecule has 0 aliphatic carbocycles. The van der Waals surface area contributed by atoms with Crippen LogP contribution in [0.15, 0.2) is 47.4 Å². The predicted octanol–water partition coefficient (Wildman–Crippen LogP) is 2.89. The van der Waals surface area contributed by atoms with Crippen molar-refractivity contribution < 1.29 is 35.9 Å². The van der Waals surface area contributed by atoms with E-state index in [0.29, 0.717) is 31.1 Å². The molecule has 3 rings (SSSR count). The summed E-state index contributed by atoms with van der Waals surface area (Å²) in [5, 5.41) is 2.51. The number of rotatable bonds is 8. The van der Waals surface area contributed by atoms with E-state index in [0.717, 1.165) is 6.07 Å². The second kappa shape index (κ2) is 10.2. The molecule has 0 saturated carbocycles. The highest BCUT2D eigenvalue weighted by Gasteiger charge is 2.32. The monoisotopic (exact) mass is 472 g/mol. The molecule has 11 heteroatoms. The quantitative estimate of drug-likeness (QED) is 0.616. The maximum Gasteiger partial charge on any atom is 0.416 e. The molecular formula is C21H23F3N2O5S. The third kappa shape index (κ3) is 6.36. The lowest BCUT2D eigenvalue weighted by molar-refractivity contribution is -0.138. The Hall–Kier alpha value is -2.79. The molecular weight excluding hydrogens is 449 g/mol. The molecule has 0 fully saturated rings. The van der Waals surface area contributed by atoms with Crippen molar-refractivity contribution in [2.75, 3.05) is 26.3 Å². The fourth-order valence-electron chi connectivity index (χ4n) is 3.13. The molecule has 7 nitrogen and oxygen atoms in total. The van der Waals surface area contributed by atoms with Gasteiger partial charge in [0.1, 0.15) is 0 Å². The van der Waals surface area contributed by atoms with Crippen molar-refractivity contribution >= 4 is 15.9 Å². The number of amides is 1. The summed E-state index contributed by atoms with van der Waals surface area (Å²) in [6, 6.07) is 9.42. The molecule has 2 aromatic carbocycles. The maximum atomic E-state index is 13.0. The lowest BCUT2D eigenvalue weighted by Gasteiger charge is -2.13. The molecule has 2 aromatic rings. The number of hydrogen-bond acceptors (Lipinski definition) is 5. The van der Waals surface area contributed by atoms with Gasteiger partial charge in [-0.2, -0.15) is 13.2 Å². The Kier molecular flexibility index (Phi) is 7.62. The summed E-state index contributed by atoms with van der Waals surface area (Å²) in [6.45, 7) is 0.731. The van der Waals surface area contributed by atoms with Gasteiger partial charge in [0.05, 0.1) is 23.7 Å². The normalized spacial score (nSPS) is 14.0. The summed E-state index contributed by atoms with van der Waals surface area (Å²) in [4.78, 5) is 11.9. The molecule has 174 valence electrons. The zero-order valence-electron chi connectivity index (χ0n) is 17.1. The van der Waals surface area contributed by atoms with Gasteiger partial charge in [0.25, 0.3) is 0 Å². The summed E-state index contributed by atoms with van der Waals surface area (Å²) in [6.07, 6.45) is -3.94. The van der Waals surface area contributed by atoms with Crippen LogP contribution < -0.4 is 19.5 Å². The lowest BCUT2D eigenvalue weighted by Crippen LogP contribution is -2.32. The topological polar surface area (TPSA) is 93.7 Å². The van der Waals surface area contributed by atoms with E-state index in [9.17, 15) is 26.4 Å². The Morgan fingerprint density at radius 3 is 2.47 bits per heavy atom. The molecule has 0 atom stereocenters. The highest BCUT2D eigenvalue weighted by Crippen LogP contribution is 2.32. The second-order valence-electron chi connectivity index (χ2n) is 7.06. The Bertz CT molecular complexity index is 1060. The summed E-state index contributed by atoms with van der Waals surface area (Å²) in [5.74, 6) is 0.325. The molecule has 2 N–H and O–H groups in total. The number of hydrogen-bond donors (Lipinski definition) is 2. The SMILES string of the molecule is O=C(CCNS(=O)(=O)c1ccc2c(c1)OCCCO2)NCCc1ccccc1C(F)(F)F. The van der Waals surface area contributed by atoms with E-state index >= 15 is 0 Å².